The molecule has 0 spiro atoms. The van der Waals surface area contributed by atoms with Crippen LogP contribution in [0.5, 0.6) is 0 Å². The van der Waals surface area contributed by atoms with Crippen LogP contribution in [0.3, 0.4) is 0 Å². The van der Waals surface area contributed by atoms with Crippen LogP contribution in [0.4, 0.5) is 0 Å². The first-order valence-electron chi connectivity index (χ1n) is 6.27. The van der Waals surface area contributed by atoms with E-state index in [9.17, 15) is 9.59 Å². The lowest BCUT2D eigenvalue weighted by molar-refractivity contribution is -0.121. The molecule has 0 aliphatic rings. The number of amides is 2. The molecular formula is C14H22N2O3. The number of carbonyl (C=O) groups is 2. The van der Waals surface area contributed by atoms with E-state index in [0.29, 0.717) is 11.3 Å². The van der Waals surface area contributed by atoms with Gasteiger partial charge in [-0.25, -0.2) is 0 Å². The Labute approximate surface area is 113 Å². The molecule has 0 unspecified atom stereocenters. The van der Waals surface area contributed by atoms with Gasteiger partial charge in [-0.05, 0) is 41.5 Å². The van der Waals surface area contributed by atoms with Crippen LogP contribution in [0.15, 0.2) is 4.42 Å². The van der Waals surface area contributed by atoms with E-state index >= 15 is 0 Å². The van der Waals surface area contributed by atoms with Gasteiger partial charge in [-0.3, -0.25) is 9.59 Å². The monoisotopic (exact) mass is 266 g/mol. The van der Waals surface area contributed by atoms with Gasteiger partial charge in [0.15, 0.2) is 0 Å². The first kappa shape index (κ1) is 15.3. The van der Waals surface area contributed by atoms with Crippen LogP contribution in [-0.2, 0) is 4.79 Å². The maximum atomic E-state index is 12.0. The molecule has 1 heterocycles. The second-order valence-electron chi connectivity index (χ2n) is 5.70. The van der Waals surface area contributed by atoms with Crippen molar-refractivity contribution in [2.24, 2.45) is 0 Å². The molecule has 1 aromatic heterocycles. The van der Waals surface area contributed by atoms with E-state index in [1.54, 1.807) is 6.92 Å². The molecule has 0 bridgehead atoms. The Hall–Kier alpha value is -1.78. The van der Waals surface area contributed by atoms with E-state index < -0.39 is 0 Å². The lowest BCUT2D eigenvalue weighted by atomic mass is 10.1. The van der Waals surface area contributed by atoms with Crippen molar-refractivity contribution in [2.75, 3.05) is 6.54 Å². The minimum Gasteiger partial charge on any atom is -0.466 e. The summed E-state index contributed by atoms with van der Waals surface area (Å²) in [5, 5.41) is 5.39. The summed E-state index contributed by atoms with van der Waals surface area (Å²) in [5.41, 5.74) is 1.02. The maximum Gasteiger partial charge on any atom is 0.255 e. The number of nitrogens with one attached hydrogen (secondary N) is 2. The van der Waals surface area contributed by atoms with Gasteiger partial charge < -0.3 is 15.1 Å². The molecule has 106 valence electrons. The molecule has 0 aromatic carbocycles. The molecule has 0 saturated heterocycles. The fourth-order valence-corrected chi connectivity index (χ4v) is 1.84. The molecule has 1 aromatic rings. The van der Waals surface area contributed by atoms with Gasteiger partial charge in [0.05, 0.1) is 12.1 Å². The van der Waals surface area contributed by atoms with Crippen LogP contribution in [0.25, 0.3) is 0 Å². The molecule has 5 nitrogen and oxygen atoms in total. The second kappa shape index (κ2) is 5.47. The molecule has 0 fully saturated rings. The Morgan fingerprint density at radius 3 is 2.11 bits per heavy atom. The van der Waals surface area contributed by atoms with Crippen LogP contribution in [0, 0.1) is 20.8 Å². The highest BCUT2D eigenvalue weighted by Crippen LogP contribution is 2.20. The number of hydrogen-bond acceptors (Lipinski definition) is 3. The minimum atomic E-state index is -0.306. The zero-order valence-electron chi connectivity index (χ0n) is 12.4. The summed E-state index contributed by atoms with van der Waals surface area (Å²) in [6.07, 6.45) is 0. The normalized spacial score (nSPS) is 11.3. The Morgan fingerprint density at radius 2 is 1.68 bits per heavy atom. The Morgan fingerprint density at radius 1 is 1.11 bits per heavy atom. The van der Waals surface area contributed by atoms with Crippen molar-refractivity contribution in [3.63, 3.8) is 0 Å². The molecule has 2 N–H and O–H groups in total. The van der Waals surface area contributed by atoms with E-state index in [1.165, 1.54) is 0 Å². The molecule has 1 rings (SSSR count). The van der Waals surface area contributed by atoms with E-state index in [0.717, 1.165) is 11.3 Å². The van der Waals surface area contributed by atoms with Crippen molar-refractivity contribution >= 4 is 11.8 Å². The standard InChI is InChI=1S/C14H22N2O3/c1-8-9(2)19-10(3)12(8)13(18)15-7-11(17)16-14(4,5)6/h7H2,1-6H3,(H,15,18)(H,16,17). The second-order valence-corrected chi connectivity index (χ2v) is 5.70. The predicted octanol–water partition coefficient (Wildman–Crippen LogP) is 1.85. The summed E-state index contributed by atoms with van der Waals surface area (Å²) in [4.78, 5) is 23.6. The molecular weight excluding hydrogens is 244 g/mol. The average Bonchev–Trinajstić information content (AvgIpc) is 2.47. The van der Waals surface area contributed by atoms with Crippen LogP contribution in [-0.4, -0.2) is 23.9 Å². The van der Waals surface area contributed by atoms with Crippen molar-refractivity contribution in [2.45, 2.75) is 47.1 Å². The number of hydrogen-bond donors (Lipinski definition) is 2. The lowest BCUT2D eigenvalue weighted by Crippen LogP contribution is -2.45. The quantitative estimate of drug-likeness (QED) is 0.877. The molecule has 0 aliphatic heterocycles. The van der Waals surface area contributed by atoms with Crippen LogP contribution in [0.1, 0.15) is 48.2 Å². The zero-order chi connectivity index (χ0) is 14.8. The summed E-state index contributed by atoms with van der Waals surface area (Å²) in [6.45, 7) is 11.0. The zero-order valence-corrected chi connectivity index (χ0v) is 12.4. The SMILES string of the molecule is Cc1oc(C)c(C(=O)NCC(=O)NC(C)(C)C)c1C. The van der Waals surface area contributed by atoms with Gasteiger partial charge in [0.1, 0.15) is 11.5 Å². The van der Waals surface area contributed by atoms with Gasteiger partial charge in [0.25, 0.3) is 5.91 Å². The minimum absolute atomic E-state index is 0.0424. The predicted molar refractivity (Wildman–Crippen MR) is 73.1 cm³/mol. The summed E-state index contributed by atoms with van der Waals surface area (Å²) in [5.74, 6) is 0.804. The first-order valence-corrected chi connectivity index (χ1v) is 6.27. The number of aryl methyl sites for hydroxylation is 2. The maximum absolute atomic E-state index is 12.0. The fraction of sp³-hybridized carbons (Fsp3) is 0.571. The van der Waals surface area contributed by atoms with Gasteiger partial charge in [-0.1, -0.05) is 0 Å². The molecule has 0 radical (unpaired) electrons. The summed E-state index contributed by atoms with van der Waals surface area (Å²) >= 11 is 0. The largest absolute Gasteiger partial charge is 0.466 e. The summed E-state index contributed by atoms with van der Waals surface area (Å²) in [7, 11) is 0. The van der Waals surface area contributed by atoms with Crippen molar-refractivity contribution in [3.05, 3.63) is 22.6 Å². The van der Waals surface area contributed by atoms with Crippen molar-refractivity contribution in [1.82, 2.24) is 10.6 Å². The Kier molecular flexibility index (Phi) is 4.39. The van der Waals surface area contributed by atoms with E-state index in [4.69, 9.17) is 4.42 Å². The lowest BCUT2D eigenvalue weighted by Gasteiger charge is -2.20. The molecule has 5 heteroatoms. The smallest absolute Gasteiger partial charge is 0.255 e. The average molecular weight is 266 g/mol. The molecule has 0 atom stereocenters. The number of furan rings is 1. The number of rotatable bonds is 3. The van der Waals surface area contributed by atoms with Crippen molar-refractivity contribution in [3.8, 4) is 0 Å². The molecule has 19 heavy (non-hydrogen) atoms. The van der Waals surface area contributed by atoms with E-state index in [1.807, 2.05) is 34.6 Å². The Bertz CT molecular complexity index is 496. The molecule has 0 aliphatic carbocycles. The highest BCUT2D eigenvalue weighted by molar-refractivity contribution is 5.98. The number of carbonyl (C=O) groups excluding carboxylic acids is 2. The van der Waals surface area contributed by atoms with Crippen molar-refractivity contribution < 1.29 is 14.0 Å². The van der Waals surface area contributed by atoms with Gasteiger partial charge in [-0.2, -0.15) is 0 Å². The molecule has 0 saturated carbocycles. The van der Waals surface area contributed by atoms with Crippen LogP contribution < -0.4 is 10.6 Å². The van der Waals surface area contributed by atoms with Gasteiger partial charge >= 0.3 is 0 Å². The third-order valence-corrected chi connectivity index (χ3v) is 2.71. The van der Waals surface area contributed by atoms with Gasteiger partial charge in [0, 0.05) is 11.1 Å². The third kappa shape index (κ3) is 4.12. The van der Waals surface area contributed by atoms with Gasteiger partial charge in [0.2, 0.25) is 5.91 Å². The van der Waals surface area contributed by atoms with Crippen molar-refractivity contribution in [1.29, 1.82) is 0 Å². The van der Waals surface area contributed by atoms with Gasteiger partial charge in [-0.15, -0.1) is 0 Å². The van der Waals surface area contributed by atoms with Crippen LogP contribution >= 0.6 is 0 Å². The highest BCUT2D eigenvalue weighted by Gasteiger charge is 2.20. The van der Waals surface area contributed by atoms with E-state index in [2.05, 4.69) is 10.6 Å². The first-order chi connectivity index (χ1) is 8.61. The fourth-order valence-electron chi connectivity index (χ4n) is 1.84. The topological polar surface area (TPSA) is 71.3 Å². The highest BCUT2D eigenvalue weighted by atomic mass is 16.3. The van der Waals surface area contributed by atoms with Crippen LogP contribution in [0.2, 0.25) is 0 Å². The summed E-state index contributed by atoms with van der Waals surface area (Å²) in [6, 6.07) is 0. The third-order valence-electron chi connectivity index (χ3n) is 2.71. The Balaban J connectivity index is 2.64. The molecule has 2 amide bonds. The summed E-state index contributed by atoms with van der Waals surface area (Å²) < 4.78 is 5.39. The van der Waals surface area contributed by atoms with E-state index in [-0.39, 0.29) is 23.9 Å².